The molecule has 2 aromatic rings. The number of non-ortho nitro benzene ring substituents is 1. The zero-order valence-corrected chi connectivity index (χ0v) is 14.0. The predicted octanol–water partition coefficient (Wildman–Crippen LogP) is 4.37. The van der Waals surface area contributed by atoms with Gasteiger partial charge in [-0.3, -0.25) is 14.9 Å². The number of carbonyl (C=O) groups is 1. The highest BCUT2D eigenvalue weighted by atomic mass is 35.5. The first-order valence-electron chi connectivity index (χ1n) is 6.95. The van der Waals surface area contributed by atoms with Crippen molar-refractivity contribution in [3.05, 3.63) is 67.4 Å². The SMILES string of the molecule is CCN(Cc1ccc(Cl)s1)C(=O)/C=C/c1cccc([N+](=O)[O-])c1. The van der Waals surface area contributed by atoms with E-state index in [0.29, 0.717) is 23.0 Å². The van der Waals surface area contributed by atoms with Crippen molar-refractivity contribution in [2.24, 2.45) is 0 Å². The fourth-order valence-electron chi connectivity index (χ4n) is 1.99. The molecular formula is C16H15ClN2O3S. The first-order valence-corrected chi connectivity index (χ1v) is 8.14. The van der Waals surface area contributed by atoms with Crippen molar-refractivity contribution in [2.45, 2.75) is 13.5 Å². The van der Waals surface area contributed by atoms with Crippen LogP contribution >= 0.6 is 22.9 Å². The van der Waals surface area contributed by atoms with E-state index in [9.17, 15) is 14.9 Å². The molecule has 0 unspecified atom stereocenters. The van der Waals surface area contributed by atoms with E-state index < -0.39 is 4.92 Å². The first-order chi connectivity index (χ1) is 11.0. The maximum Gasteiger partial charge on any atom is 0.270 e. The van der Waals surface area contributed by atoms with Crippen LogP contribution < -0.4 is 0 Å². The molecule has 0 atom stereocenters. The first kappa shape index (κ1) is 17.2. The molecule has 1 heterocycles. The number of rotatable bonds is 6. The topological polar surface area (TPSA) is 63.5 Å². The van der Waals surface area contributed by atoms with Gasteiger partial charge in [0.25, 0.3) is 5.69 Å². The molecule has 0 radical (unpaired) electrons. The Morgan fingerprint density at radius 1 is 1.39 bits per heavy atom. The largest absolute Gasteiger partial charge is 0.334 e. The Kier molecular flexibility index (Phi) is 5.90. The Morgan fingerprint density at radius 3 is 2.78 bits per heavy atom. The van der Waals surface area contributed by atoms with Gasteiger partial charge in [0, 0.05) is 29.6 Å². The predicted molar refractivity (Wildman–Crippen MR) is 92.6 cm³/mol. The molecule has 0 saturated heterocycles. The number of carbonyl (C=O) groups excluding carboxylic acids is 1. The fraction of sp³-hybridized carbons (Fsp3) is 0.188. The number of nitro groups is 1. The molecule has 7 heteroatoms. The van der Waals surface area contributed by atoms with Gasteiger partial charge >= 0.3 is 0 Å². The van der Waals surface area contributed by atoms with E-state index in [0.717, 1.165) is 4.88 Å². The Bertz CT molecular complexity index is 742. The summed E-state index contributed by atoms with van der Waals surface area (Å²) in [5.41, 5.74) is 0.614. The van der Waals surface area contributed by atoms with Gasteiger partial charge in [0.1, 0.15) is 0 Å². The number of halogens is 1. The van der Waals surface area contributed by atoms with Crippen LogP contribution in [0.25, 0.3) is 6.08 Å². The Balaban J connectivity index is 2.06. The molecule has 2 rings (SSSR count). The van der Waals surface area contributed by atoms with Crippen molar-refractivity contribution in [1.29, 1.82) is 0 Å². The Labute approximate surface area is 143 Å². The maximum absolute atomic E-state index is 12.3. The number of hydrogen-bond donors (Lipinski definition) is 0. The lowest BCUT2D eigenvalue weighted by Crippen LogP contribution is -2.28. The Morgan fingerprint density at radius 2 is 2.17 bits per heavy atom. The summed E-state index contributed by atoms with van der Waals surface area (Å²) in [6.45, 7) is 2.95. The molecule has 23 heavy (non-hydrogen) atoms. The van der Waals surface area contributed by atoms with Crippen LogP contribution in [0.4, 0.5) is 5.69 Å². The molecular weight excluding hydrogens is 336 g/mol. The minimum atomic E-state index is -0.460. The highest BCUT2D eigenvalue weighted by Gasteiger charge is 2.11. The normalized spacial score (nSPS) is 10.9. The molecule has 0 bridgehead atoms. The van der Waals surface area contributed by atoms with Crippen molar-refractivity contribution in [1.82, 2.24) is 4.90 Å². The summed E-state index contributed by atoms with van der Waals surface area (Å²) in [6, 6.07) is 9.85. The molecule has 1 aromatic heterocycles. The number of nitro benzene ring substituents is 1. The molecule has 1 aromatic carbocycles. The average molecular weight is 351 g/mol. The summed E-state index contributed by atoms with van der Waals surface area (Å²) in [6.07, 6.45) is 3.01. The quantitative estimate of drug-likeness (QED) is 0.441. The number of hydrogen-bond acceptors (Lipinski definition) is 4. The number of nitrogens with zero attached hydrogens (tertiary/aromatic N) is 2. The third-order valence-electron chi connectivity index (χ3n) is 3.17. The summed E-state index contributed by atoms with van der Waals surface area (Å²) in [7, 11) is 0. The lowest BCUT2D eigenvalue weighted by Gasteiger charge is -2.18. The van der Waals surface area contributed by atoms with E-state index in [4.69, 9.17) is 11.6 Å². The summed E-state index contributed by atoms with van der Waals surface area (Å²) >= 11 is 7.34. The van der Waals surface area contributed by atoms with Gasteiger partial charge in [-0.2, -0.15) is 0 Å². The molecule has 0 fully saturated rings. The zero-order valence-electron chi connectivity index (χ0n) is 12.4. The van der Waals surface area contributed by atoms with E-state index in [1.807, 2.05) is 13.0 Å². The second kappa shape index (κ2) is 7.89. The van der Waals surface area contributed by atoms with Gasteiger partial charge in [0.2, 0.25) is 5.91 Å². The van der Waals surface area contributed by atoms with Gasteiger partial charge in [0.15, 0.2) is 0 Å². The van der Waals surface area contributed by atoms with Gasteiger partial charge in [-0.25, -0.2) is 0 Å². The second-order valence-corrected chi connectivity index (χ2v) is 6.54. The van der Waals surface area contributed by atoms with E-state index in [-0.39, 0.29) is 11.6 Å². The number of thiophene rings is 1. The maximum atomic E-state index is 12.3. The fourth-order valence-corrected chi connectivity index (χ4v) is 3.09. The van der Waals surface area contributed by atoms with Gasteiger partial charge in [0.05, 0.1) is 15.8 Å². The lowest BCUT2D eigenvalue weighted by atomic mass is 10.2. The van der Waals surface area contributed by atoms with Crippen LogP contribution in [0.2, 0.25) is 4.34 Å². The van der Waals surface area contributed by atoms with Gasteiger partial charge in [-0.15, -0.1) is 11.3 Å². The van der Waals surface area contributed by atoms with Crippen molar-refractivity contribution in [3.8, 4) is 0 Å². The number of benzene rings is 1. The minimum Gasteiger partial charge on any atom is -0.334 e. The molecule has 0 aliphatic carbocycles. The Hall–Kier alpha value is -2.18. The van der Waals surface area contributed by atoms with E-state index in [1.54, 1.807) is 29.2 Å². The molecule has 120 valence electrons. The minimum absolute atomic E-state index is 0.000161. The van der Waals surface area contributed by atoms with Crippen LogP contribution in [-0.2, 0) is 11.3 Å². The van der Waals surface area contributed by atoms with Crippen molar-refractivity contribution in [2.75, 3.05) is 6.54 Å². The van der Waals surface area contributed by atoms with Gasteiger partial charge in [-0.05, 0) is 30.7 Å². The van der Waals surface area contributed by atoms with Crippen LogP contribution in [0.3, 0.4) is 0 Å². The van der Waals surface area contributed by atoms with Crippen LogP contribution in [-0.4, -0.2) is 22.3 Å². The summed E-state index contributed by atoms with van der Waals surface area (Å²) in [5.74, 6) is -0.150. The summed E-state index contributed by atoms with van der Waals surface area (Å²) in [4.78, 5) is 25.2. The van der Waals surface area contributed by atoms with Crippen molar-refractivity contribution in [3.63, 3.8) is 0 Å². The third kappa shape index (κ3) is 4.91. The standard InChI is InChI=1S/C16H15ClN2O3S/c1-2-18(11-14-7-8-15(17)23-14)16(20)9-6-12-4-3-5-13(10-12)19(21)22/h3-10H,2,11H2,1H3/b9-6+. The molecule has 1 amide bonds. The van der Waals surface area contributed by atoms with Crippen LogP contribution in [0.1, 0.15) is 17.4 Å². The molecule has 0 N–H and O–H groups in total. The zero-order chi connectivity index (χ0) is 16.8. The summed E-state index contributed by atoms with van der Waals surface area (Å²) < 4.78 is 0.690. The van der Waals surface area contributed by atoms with Crippen LogP contribution in [0, 0.1) is 10.1 Å². The van der Waals surface area contributed by atoms with Crippen LogP contribution in [0.15, 0.2) is 42.5 Å². The van der Waals surface area contributed by atoms with E-state index >= 15 is 0 Å². The summed E-state index contributed by atoms with van der Waals surface area (Å²) in [5, 5.41) is 10.7. The van der Waals surface area contributed by atoms with Crippen molar-refractivity contribution < 1.29 is 9.72 Å². The number of likely N-dealkylation sites (N-methyl/N-ethyl adjacent to an activating group) is 1. The lowest BCUT2D eigenvalue weighted by molar-refractivity contribution is -0.384. The highest BCUT2D eigenvalue weighted by Crippen LogP contribution is 2.23. The molecule has 0 spiro atoms. The van der Waals surface area contributed by atoms with Crippen molar-refractivity contribution >= 4 is 40.6 Å². The highest BCUT2D eigenvalue weighted by molar-refractivity contribution is 7.16. The van der Waals surface area contributed by atoms with E-state index in [2.05, 4.69) is 0 Å². The second-order valence-electron chi connectivity index (χ2n) is 4.74. The molecule has 5 nitrogen and oxygen atoms in total. The molecule has 0 saturated carbocycles. The van der Waals surface area contributed by atoms with E-state index in [1.165, 1.54) is 29.5 Å². The van der Waals surface area contributed by atoms with Gasteiger partial charge < -0.3 is 4.90 Å². The molecule has 0 aliphatic rings. The molecule has 0 aliphatic heterocycles. The average Bonchev–Trinajstić information content (AvgIpc) is 2.95. The smallest absolute Gasteiger partial charge is 0.270 e. The van der Waals surface area contributed by atoms with Gasteiger partial charge in [-0.1, -0.05) is 23.7 Å². The van der Waals surface area contributed by atoms with Crippen LogP contribution in [0.5, 0.6) is 0 Å². The third-order valence-corrected chi connectivity index (χ3v) is 4.38. The monoisotopic (exact) mass is 350 g/mol. The number of amides is 1.